The number of carbonyl (C=O) groups excluding carboxylic acids is 1. The van der Waals surface area contributed by atoms with Crippen LogP contribution in [0.5, 0.6) is 0 Å². The predicted molar refractivity (Wildman–Crippen MR) is 39.8 cm³/mol. The van der Waals surface area contributed by atoms with Crippen LogP contribution in [-0.2, 0) is 4.79 Å². The number of aldehydes is 1. The molecule has 10 heavy (non-hydrogen) atoms. The van der Waals surface area contributed by atoms with E-state index < -0.39 is 12.1 Å². The van der Waals surface area contributed by atoms with E-state index in [-0.39, 0.29) is 0 Å². The fourth-order valence-electron chi connectivity index (χ4n) is 0.643. The molecule has 0 heterocycles. The molecule has 3 nitrogen and oxygen atoms in total. The first-order valence-corrected chi connectivity index (χ1v) is 3.59. The average Bonchev–Trinajstić information content (AvgIpc) is 1.89. The maximum Gasteiger partial charge on any atom is 0.139 e. The zero-order valence-electron chi connectivity index (χ0n) is 6.50. The molecule has 0 spiro atoms. The molecule has 2 atom stereocenters. The molecule has 0 bridgehead atoms. The Balaban J connectivity index is 3.50. The van der Waals surface area contributed by atoms with Crippen LogP contribution in [0.15, 0.2) is 0 Å². The lowest BCUT2D eigenvalue weighted by Crippen LogP contribution is -2.39. The first kappa shape index (κ1) is 9.59. The molecule has 0 aromatic rings. The minimum absolute atomic E-state index is 0.403. The van der Waals surface area contributed by atoms with Gasteiger partial charge in [0.1, 0.15) is 6.29 Å². The smallest absolute Gasteiger partial charge is 0.139 e. The maximum absolute atomic E-state index is 10.2. The van der Waals surface area contributed by atoms with Crippen LogP contribution >= 0.6 is 0 Å². The van der Waals surface area contributed by atoms with Crippen molar-refractivity contribution in [2.45, 2.75) is 32.4 Å². The average molecular weight is 145 g/mol. The van der Waals surface area contributed by atoms with E-state index in [1.807, 2.05) is 6.92 Å². The molecule has 0 fully saturated rings. The Kier molecular flexibility index (Phi) is 5.16. The van der Waals surface area contributed by atoms with Gasteiger partial charge < -0.3 is 15.2 Å². The van der Waals surface area contributed by atoms with Gasteiger partial charge in [-0.2, -0.15) is 0 Å². The molecule has 0 amide bonds. The highest BCUT2D eigenvalue weighted by atomic mass is 16.3. The highest BCUT2D eigenvalue weighted by molar-refractivity contribution is 5.58. The normalized spacial score (nSPS) is 16.3. The third kappa shape index (κ3) is 3.58. The van der Waals surface area contributed by atoms with Crippen molar-refractivity contribution in [1.29, 1.82) is 0 Å². The Labute approximate surface area is 61.4 Å². The first-order valence-electron chi connectivity index (χ1n) is 3.59. The van der Waals surface area contributed by atoms with Crippen molar-refractivity contribution in [1.82, 2.24) is 5.32 Å². The zero-order valence-corrected chi connectivity index (χ0v) is 6.50. The molecule has 0 saturated carbocycles. The molecule has 0 aromatic carbocycles. The second kappa shape index (κ2) is 5.38. The SMILES string of the molecule is CCCN[C@H](C=O)[C@@H](C)O. The number of rotatable bonds is 5. The molecule has 0 radical (unpaired) electrons. The van der Waals surface area contributed by atoms with Crippen molar-refractivity contribution in [3.8, 4) is 0 Å². The number of carbonyl (C=O) groups is 1. The topological polar surface area (TPSA) is 49.3 Å². The molecule has 3 heteroatoms. The molecule has 0 unspecified atom stereocenters. The summed E-state index contributed by atoms with van der Waals surface area (Å²) in [6.45, 7) is 4.38. The summed E-state index contributed by atoms with van der Waals surface area (Å²) in [5, 5.41) is 11.8. The summed E-state index contributed by atoms with van der Waals surface area (Å²) < 4.78 is 0. The summed E-state index contributed by atoms with van der Waals surface area (Å²) in [4.78, 5) is 10.2. The van der Waals surface area contributed by atoms with Crippen molar-refractivity contribution < 1.29 is 9.90 Å². The Morgan fingerprint density at radius 1 is 1.70 bits per heavy atom. The fourth-order valence-corrected chi connectivity index (χ4v) is 0.643. The van der Waals surface area contributed by atoms with Gasteiger partial charge in [0.25, 0.3) is 0 Å². The van der Waals surface area contributed by atoms with Crippen LogP contribution < -0.4 is 5.32 Å². The van der Waals surface area contributed by atoms with Crippen LogP contribution in [-0.4, -0.2) is 30.1 Å². The third-order valence-electron chi connectivity index (χ3n) is 1.30. The highest BCUT2D eigenvalue weighted by Gasteiger charge is 2.10. The second-order valence-corrected chi connectivity index (χ2v) is 2.36. The lowest BCUT2D eigenvalue weighted by molar-refractivity contribution is -0.111. The van der Waals surface area contributed by atoms with Gasteiger partial charge in [-0.1, -0.05) is 6.92 Å². The van der Waals surface area contributed by atoms with Crippen LogP contribution in [0.3, 0.4) is 0 Å². The summed E-state index contributed by atoms with van der Waals surface area (Å²) in [5.41, 5.74) is 0. The van der Waals surface area contributed by atoms with Gasteiger partial charge in [-0.25, -0.2) is 0 Å². The zero-order chi connectivity index (χ0) is 7.98. The van der Waals surface area contributed by atoms with Crippen LogP contribution in [0.4, 0.5) is 0 Å². The van der Waals surface area contributed by atoms with E-state index in [9.17, 15) is 4.79 Å². The molecule has 0 saturated heterocycles. The summed E-state index contributed by atoms with van der Waals surface area (Å²) in [6, 6.07) is -0.403. The Hall–Kier alpha value is -0.410. The van der Waals surface area contributed by atoms with Crippen molar-refractivity contribution in [3.05, 3.63) is 0 Å². The summed E-state index contributed by atoms with van der Waals surface area (Å²) in [5.74, 6) is 0. The van der Waals surface area contributed by atoms with Gasteiger partial charge >= 0.3 is 0 Å². The van der Waals surface area contributed by atoms with Gasteiger partial charge in [0.2, 0.25) is 0 Å². The van der Waals surface area contributed by atoms with E-state index >= 15 is 0 Å². The maximum atomic E-state index is 10.2. The molecule has 0 aliphatic rings. The highest BCUT2D eigenvalue weighted by Crippen LogP contribution is 1.87. The molecular formula is C7H15NO2. The second-order valence-electron chi connectivity index (χ2n) is 2.36. The fraction of sp³-hybridized carbons (Fsp3) is 0.857. The van der Waals surface area contributed by atoms with Gasteiger partial charge in [0.05, 0.1) is 12.1 Å². The van der Waals surface area contributed by atoms with Gasteiger partial charge in [-0.05, 0) is 19.9 Å². The quantitative estimate of drug-likeness (QED) is 0.533. The van der Waals surface area contributed by atoms with Crippen molar-refractivity contribution in [2.75, 3.05) is 6.54 Å². The van der Waals surface area contributed by atoms with Crippen molar-refractivity contribution in [3.63, 3.8) is 0 Å². The monoisotopic (exact) mass is 145 g/mol. The Morgan fingerprint density at radius 2 is 2.30 bits per heavy atom. The van der Waals surface area contributed by atoms with Gasteiger partial charge in [0.15, 0.2) is 0 Å². The number of nitrogens with one attached hydrogen (secondary N) is 1. The largest absolute Gasteiger partial charge is 0.391 e. The summed E-state index contributed by atoms with van der Waals surface area (Å²) >= 11 is 0. The van der Waals surface area contributed by atoms with Crippen LogP contribution in [0.1, 0.15) is 20.3 Å². The van der Waals surface area contributed by atoms with Gasteiger partial charge in [0, 0.05) is 0 Å². The number of hydrogen-bond acceptors (Lipinski definition) is 3. The Morgan fingerprint density at radius 3 is 2.60 bits per heavy atom. The molecular weight excluding hydrogens is 130 g/mol. The third-order valence-corrected chi connectivity index (χ3v) is 1.30. The van der Waals surface area contributed by atoms with Crippen molar-refractivity contribution in [2.24, 2.45) is 0 Å². The molecule has 0 aliphatic heterocycles. The summed E-state index contributed by atoms with van der Waals surface area (Å²) in [6.07, 6.45) is 1.11. The lowest BCUT2D eigenvalue weighted by atomic mass is 10.2. The number of hydrogen-bond donors (Lipinski definition) is 2. The van der Waals surface area contributed by atoms with Gasteiger partial charge in [-0.3, -0.25) is 0 Å². The lowest BCUT2D eigenvalue weighted by Gasteiger charge is -2.13. The standard InChI is InChI=1S/C7H15NO2/c1-3-4-8-7(5-9)6(2)10/h5-8,10H,3-4H2,1-2H3/t6-,7-/m1/s1. The first-order chi connectivity index (χ1) is 4.72. The molecule has 60 valence electrons. The van der Waals surface area contributed by atoms with Crippen LogP contribution in [0, 0.1) is 0 Å². The van der Waals surface area contributed by atoms with E-state index in [0.29, 0.717) is 0 Å². The molecule has 0 rings (SSSR count). The number of aliphatic hydroxyl groups excluding tert-OH is 1. The predicted octanol–water partition coefficient (Wildman–Crippen LogP) is -0.0657. The van der Waals surface area contributed by atoms with Crippen molar-refractivity contribution >= 4 is 6.29 Å². The van der Waals surface area contributed by atoms with Crippen LogP contribution in [0.25, 0.3) is 0 Å². The van der Waals surface area contributed by atoms with E-state index in [1.54, 1.807) is 6.92 Å². The van der Waals surface area contributed by atoms with Crippen LogP contribution in [0.2, 0.25) is 0 Å². The minimum Gasteiger partial charge on any atom is -0.391 e. The van der Waals surface area contributed by atoms with Gasteiger partial charge in [-0.15, -0.1) is 0 Å². The number of aliphatic hydroxyl groups is 1. The summed E-state index contributed by atoms with van der Waals surface area (Å²) in [7, 11) is 0. The Bertz CT molecular complexity index is 93.6. The molecule has 2 N–H and O–H groups in total. The van der Waals surface area contributed by atoms with E-state index in [0.717, 1.165) is 19.3 Å². The van der Waals surface area contributed by atoms with E-state index in [1.165, 1.54) is 0 Å². The molecule has 0 aromatic heterocycles. The van der Waals surface area contributed by atoms with E-state index in [4.69, 9.17) is 5.11 Å². The van der Waals surface area contributed by atoms with E-state index in [2.05, 4.69) is 5.32 Å². The minimum atomic E-state index is -0.593. The molecule has 0 aliphatic carbocycles.